The van der Waals surface area contributed by atoms with Gasteiger partial charge in [0.25, 0.3) is 0 Å². The van der Waals surface area contributed by atoms with E-state index in [1.807, 2.05) is 72.8 Å². The van der Waals surface area contributed by atoms with E-state index in [9.17, 15) is 4.79 Å². The van der Waals surface area contributed by atoms with E-state index in [4.69, 9.17) is 21.1 Å². The number of allylic oxidation sites excluding steroid dienone is 2. The van der Waals surface area contributed by atoms with Gasteiger partial charge in [-0.3, -0.25) is 9.36 Å². The maximum atomic E-state index is 15.1. The molecule has 3 aromatic carbocycles. The van der Waals surface area contributed by atoms with Crippen molar-refractivity contribution in [3.8, 4) is 0 Å². The third kappa shape index (κ3) is 4.42. The molecule has 3 heterocycles. The second-order valence-electron chi connectivity index (χ2n) is 9.39. The van der Waals surface area contributed by atoms with Gasteiger partial charge in [-0.25, -0.2) is 20.2 Å². The first-order chi connectivity index (χ1) is 18.8. The summed E-state index contributed by atoms with van der Waals surface area (Å²) in [7, 11) is -3.54. The van der Waals surface area contributed by atoms with Gasteiger partial charge in [0.05, 0.1) is 10.6 Å². The van der Waals surface area contributed by atoms with E-state index < -0.39 is 19.0 Å². The molecule has 0 aromatic heterocycles. The first-order valence-corrected chi connectivity index (χ1v) is 15.2. The summed E-state index contributed by atoms with van der Waals surface area (Å²) >= 11 is 9.77. The molecule has 0 amide bonds. The zero-order valence-corrected chi connectivity index (χ0v) is 24.2. The minimum Gasteiger partial charge on any atom is -0.443 e. The normalized spacial score (nSPS) is 24.1. The molecule has 1 N–H and O–H groups in total. The van der Waals surface area contributed by atoms with Crippen LogP contribution in [-0.2, 0) is 14.1 Å². The number of rotatable bonds is 4. The van der Waals surface area contributed by atoms with Crippen molar-refractivity contribution in [2.45, 2.75) is 25.5 Å². The number of hydrazine groups is 1. The van der Waals surface area contributed by atoms with Gasteiger partial charge in [-0.15, -0.1) is 0 Å². The van der Waals surface area contributed by atoms with Crippen LogP contribution in [0.15, 0.2) is 116 Å². The van der Waals surface area contributed by atoms with E-state index in [1.165, 1.54) is 6.92 Å². The monoisotopic (exact) mass is 620 g/mol. The Balaban J connectivity index is 1.58. The van der Waals surface area contributed by atoms with Gasteiger partial charge in [-0.05, 0) is 65.2 Å². The highest BCUT2D eigenvalue weighted by atomic mass is 79.9. The van der Waals surface area contributed by atoms with Crippen molar-refractivity contribution in [3.63, 3.8) is 0 Å². The Morgan fingerprint density at radius 2 is 1.74 bits per heavy atom. The molecule has 7 nitrogen and oxygen atoms in total. The molecular formula is C29H23BrClN4O3P. The Morgan fingerprint density at radius 3 is 2.41 bits per heavy atom. The SMILES string of the molecule is CC(=O)C1=C(C)OC2=C(C3=NP(=O)(c4ccccc4)C(c4ccc(Cl)c(Br)c4)NN3C=N2)C1c1ccccc1. The number of ether oxygens (including phenoxy) is 1. The van der Waals surface area contributed by atoms with Gasteiger partial charge in [0, 0.05) is 21.3 Å². The molecule has 3 aliphatic rings. The highest BCUT2D eigenvalue weighted by Crippen LogP contribution is 2.61. The van der Waals surface area contributed by atoms with Crippen LogP contribution >= 0.6 is 34.8 Å². The summed E-state index contributed by atoms with van der Waals surface area (Å²) in [6.45, 7) is 3.29. The zero-order chi connectivity index (χ0) is 27.3. The van der Waals surface area contributed by atoms with Crippen molar-refractivity contribution in [2.75, 3.05) is 0 Å². The molecule has 0 bridgehead atoms. The number of hydrogen-bond donors (Lipinski definition) is 1. The van der Waals surface area contributed by atoms with Crippen molar-refractivity contribution < 1.29 is 14.1 Å². The fourth-order valence-electron chi connectivity index (χ4n) is 5.18. The van der Waals surface area contributed by atoms with Crippen LogP contribution < -0.4 is 10.7 Å². The van der Waals surface area contributed by atoms with Crippen LogP contribution in [-0.4, -0.2) is 23.0 Å². The van der Waals surface area contributed by atoms with Gasteiger partial charge < -0.3 is 4.74 Å². The summed E-state index contributed by atoms with van der Waals surface area (Å²) in [6.07, 6.45) is 1.57. The molecule has 0 saturated carbocycles. The fraction of sp³-hybridized carbons (Fsp3) is 0.138. The lowest BCUT2D eigenvalue weighted by atomic mass is 9.80. The number of aliphatic imine (C=N–C) groups is 1. The Bertz CT molecular complexity index is 1670. The van der Waals surface area contributed by atoms with Crippen LogP contribution in [0.1, 0.15) is 36.7 Å². The Morgan fingerprint density at radius 1 is 1.05 bits per heavy atom. The summed E-state index contributed by atoms with van der Waals surface area (Å²) in [5, 5.41) is 2.81. The summed E-state index contributed by atoms with van der Waals surface area (Å²) < 4.78 is 26.9. The molecule has 3 aliphatic heterocycles. The average Bonchev–Trinajstić information content (AvgIpc) is 2.94. The molecular weight excluding hydrogens is 599 g/mol. The second kappa shape index (κ2) is 10.0. The first-order valence-electron chi connectivity index (χ1n) is 12.3. The van der Waals surface area contributed by atoms with E-state index in [-0.39, 0.29) is 5.78 Å². The molecule has 196 valence electrons. The first kappa shape index (κ1) is 26.0. The predicted molar refractivity (Wildman–Crippen MR) is 157 cm³/mol. The maximum absolute atomic E-state index is 15.1. The number of nitrogens with one attached hydrogen (secondary N) is 1. The van der Waals surface area contributed by atoms with Crippen molar-refractivity contribution >= 4 is 58.1 Å². The number of amidine groups is 1. The summed E-state index contributed by atoms with van der Waals surface area (Å²) in [5.74, 6) is -0.103. The Hall–Kier alpha value is -3.29. The number of halogens is 2. The molecule has 0 spiro atoms. The molecule has 3 unspecified atom stereocenters. The lowest BCUT2D eigenvalue weighted by Gasteiger charge is -2.42. The highest BCUT2D eigenvalue weighted by molar-refractivity contribution is 9.10. The quantitative estimate of drug-likeness (QED) is 0.322. The van der Waals surface area contributed by atoms with Crippen molar-refractivity contribution in [1.82, 2.24) is 10.4 Å². The largest absolute Gasteiger partial charge is 0.443 e. The minimum absolute atomic E-state index is 0.117. The fourth-order valence-corrected chi connectivity index (χ4v) is 8.16. The number of ketones is 1. The van der Waals surface area contributed by atoms with Crippen LogP contribution in [0.2, 0.25) is 5.02 Å². The molecule has 0 fully saturated rings. The Labute approximate surface area is 239 Å². The number of carbonyl (C=O) groups excluding carboxylic acids is 1. The van der Waals surface area contributed by atoms with Gasteiger partial charge in [0.1, 0.15) is 17.9 Å². The summed E-state index contributed by atoms with van der Waals surface area (Å²) in [4.78, 5) is 17.5. The van der Waals surface area contributed by atoms with Crippen molar-refractivity contribution in [2.24, 2.45) is 9.76 Å². The standard InChI is InChI=1S/C29H23BrClN4O3P/c1-17(36)24-18(2)38-28-26(25(24)19-9-5-3-6-10-19)27-34-39(37,21-11-7-4-8-12-21)29(33-35(27)16-32-28)20-13-14-23(31)22(30)15-20/h3-16,25,29,33H,1-2H3. The van der Waals surface area contributed by atoms with E-state index in [1.54, 1.807) is 24.3 Å². The molecule has 10 heteroatoms. The van der Waals surface area contributed by atoms with Crippen LogP contribution in [0.5, 0.6) is 0 Å². The molecule has 39 heavy (non-hydrogen) atoms. The predicted octanol–water partition coefficient (Wildman–Crippen LogP) is 6.85. The van der Waals surface area contributed by atoms with Gasteiger partial charge in [-0.2, -0.15) is 0 Å². The van der Waals surface area contributed by atoms with E-state index in [2.05, 4.69) is 26.3 Å². The number of hydrogen-bond acceptors (Lipinski definition) is 6. The van der Waals surface area contributed by atoms with Crippen LogP contribution in [0.3, 0.4) is 0 Å². The smallest absolute Gasteiger partial charge is 0.243 e. The molecule has 3 aromatic rings. The average molecular weight is 622 g/mol. The third-order valence-electron chi connectivity index (χ3n) is 6.95. The summed E-state index contributed by atoms with van der Waals surface area (Å²) in [5.41, 5.74) is 6.13. The number of fused-ring (bicyclic) bond motifs is 2. The van der Waals surface area contributed by atoms with Crippen molar-refractivity contribution in [1.29, 1.82) is 0 Å². The van der Waals surface area contributed by atoms with Gasteiger partial charge >= 0.3 is 0 Å². The Kier molecular flexibility index (Phi) is 6.68. The summed E-state index contributed by atoms with van der Waals surface area (Å²) in [6, 6.07) is 24.3. The highest BCUT2D eigenvalue weighted by Gasteiger charge is 2.47. The number of benzene rings is 3. The molecule has 0 radical (unpaired) electrons. The topological polar surface area (TPSA) is 83.4 Å². The van der Waals surface area contributed by atoms with E-state index >= 15 is 4.57 Å². The zero-order valence-electron chi connectivity index (χ0n) is 21.0. The van der Waals surface area contributed by atoms with Crippen LogP contribution in [0, 0.1) is 0 Å². The van der Waals surface area contributed by atoms with Crippen LogP contribution in [0.4, 0.5) is 0 Å². The van der Waals surface area contributed by atoms with Crippen LogP contribution in [0.25, 0.3) is 0 Å². The molecule has 6 rings (SSSR count). The number of nitrogens with zero attached hydrogens (tertiary/aromatic N) is 3. The minimum atomic E-state index is -3.54. The molecule has 0 aliphatic carbocycles. The molecule has 0 saturated heterocycles. The molecule has 3 atom stereocenters. The number of carbonyl (C=O) groups is 1. The lowest BCUT2D eigenvalue weighted by molar-refractivity contribution is -0.114. The maximum Gasteiger partial charge on any atom is 0.243 e. The van der Waals surface area contributed by atoms with E-state index in [0.29, 0.717) is 43.4 Å². The van der Waals surface area contributed by atoms with Gasteiger partial charge in [-0.1, -0.05) is 66.2 Å². The van der Waals surface area contributed by atoms with Gasteiger partial charge in [0.15, 0.2) is 11.6 Å². The van der Waals surface area contributed by atoms with E-state index in [0.717, 1.165) is 11.1 Å². The number of Topliss-reactive ketones (excluding diaryl/α,β-unsaturated/α-hetero) is 1. The second-order valence-corrected chi connectivity index (χ2v) is 13.1. The van der Waals surface area contributed by atoms with Gasteiger partial charge in [0.2, 0.25) is 13.2 Å². The third-order valence-corrected chi connectivity index (χ3v) is 10.8. The lowest BCUT2D eigenvalue weighted by Crippen LogP contribution is -2.51. The van der Waals surface area contributed by atoms with Crippen molar-refractivity contribution in [3.05, 3.63) is 122 Å².